The van der Waals surface area contributed by atoms with E-state index in [1.165, 1.54) is 0 Å². The van der Waals surface area contributed by atoms with Gasteiger partial charge in [0.25, 0.3) is 0 Å². The number of halogens is 1. The fraction of sp³-hybridized carbons (Fsp3) is 0.235. The quantitative estimate of drug-likeness (QED) is 0.895. The Morgan fingerprint density at radius 2 is 2.22 bits per heavy atom. The molecule has 2 aromatic rings. The third kappa shape index (κ3) is 3.76. The molecular formula is C17H16BrN3O2. The van der Waals surface area contributed by atoms with Gasteiger partial charge in [-0.15, -0.1) is 0 Å². The molecule has 0 radical (unpaired) electrons. The smallest absolute Gasteiger partial charge is 0.227 e. The standard InChI is InChI=1S/C17H16BrN3O2/c18-14-4-1-5-15(8-14)21-11-13(7-16(21)22)17(23)20-10-12-3-2-6-19-9-12/h1-6,8-9,13H,7,10-11H2,(H,20,23). The van der Waals surface area contributed by atoms with Gasteiger partial charge in [-0.05, 0) is 29.8 Å². The number of nitrogens with one attached hydrogen (secondary N) is 1. The van der Waals surface area contributed by atoms with Crippen LogP contribution < -0.4 is 10.2 Å². The summed E-state index contributed by atoms with van der Waals surface area (Å²) < 4.78 is 0.910. The Hall–Kier alpha value is -2.21. The average molecular weight is 374 g/mol. The summed E-state index contributed by atoms with van der Waals surface area (Å²) in [5.74, 6) is -0.442. The number of pyridine rings is 1. The zero-order valence-electron chi connectivity index (χ0n) is 12.4. The predicted molar refractivity (Wildman–Crippen MR) is 90.7 cm³/mol. The molecule has 0 aliphatic carbocycles. The first-order chi connectivity index (χ1) is 11.1. The minimum Gasteiger partial charge on any atom is -0.352 e. The Morgan fingerprint density at radius 1 is 1.35 bits per heavy atom. The van der Waals surface area contributed by atoms with Crippen LogP contribution in [0.2, 0.25) is 0 Å². The van der Waals surface area contributed by atoms with Gasteiger partial charge in [-0.25, -0.2) is 0 Å². The highest BCUT2D eigenvalue weighted by Gasteiger charge is 2.35. The summed E-state index contributed by atoms with van der Waals surface area (Å²) in [6.07, 6.45) is 3.65. The van der Waals surface area contributed by atoms with E-state index in [2.05, 4.69) is 26.2 Å². The van der Waals surface area contributed by atoms with Crippen LogP contribution in [0.15, 0.2) is 53.3 Å². The normalized spacial score (nSPS) is 17.3. The van der Waals surface area contributed by atoms with Crippen molar-refractivity contribution in [3.63, 3.8) is 0 Å². The summed E-state index contributed by atoms with van der Waals surface area (Å²) in [7, 11) is 0. The zero-order chi connectivity index (χ0) is 16.2. The topological polar surface area (TPSA) is 62.3 Å². The number of anilines is 1. The monoisotopic (exact) mass is 373 g/mol. The molecule has 1 unspecified atom stereocenters. The molecular weight excluding hydrogens is 358 g/mol. The summed E-state index contributed by atoms with van der Waals surface area (Å²) in [6, 6.07) is 11.3. The zero-order valence-corrected chi connectivity index (χ0v) is 14.0. The summed E-state index contributed by atoms with van der Waals surface area (Å²) in [5, 5.41) is 2.88. The van der Waals surface area contributed by atoms with E-state index in [-0.39, 0.29) is 24.2 Å². The molecule has 0 saturated carbocycles. The van der Waals surface area contributed by atoms with Crippen LogP contribution in [0.1, 0.15) is 12.0 Å². The molecule has 1 aromatic carbocycles. The fourth-order valence-corrected chi connectivity index (χ4v) is 3.00. The summed E-state index contributed by atoms with van der Waals surface area (Å²) >= 11 is 3.40. The van der Waals surface area contributed by atoms with Gasteiger partial charge in [0.1, 0.15) is 0 Å². The van der Waals surface area contributed by atoms with Crippen LogP contribution in [0, 0.1) is 5.92 Å². The molecule has 1 aliphatic heterocycles. The maximum absolute atomic E-state index is 12.3. The van der Waals surface area contributed by atoms with Crippen LogP contribution in [0.25, 0.3) is 0 Å². The van der Waals surface area contributed by atoms with E-state index < -0.39 is 0 Å². The molecule has 1 aromatic heterocycles. The SMILES string of the molecule is O=C(NCc1cccnc1)C1CC(=O)N(c2cccc(Br)c2)C1. The highest BCUT2D eigenvalue weighted by molar-refractivity contribution is 9.10. The van der Waals surface area contributed by atoms with Gasteiger partial charge in [-0.3, -0.25) is 14.6 Å². The van der Waals surface area contributed by atoms with Crippen molar-refractivity contribution in [2.75, 3.05) is 11.4 Å². The van der Waals surface area contributed by atoms with Gasteiger partial charge in [0.15, 0.2) is 0 Å². The summed E-state index contributed by atoms with van der Waals surface area (Å²) in [4.78, 5) is 30.2. The van der Waals surface area contributed by atoms with Crippen LogP contribution in [0.5, 0.6) is 0 Å². The lowest BCUT2D eigenvalue weighted by Crippen LogP contribution is -2.32. The first-order valence-corrected chi connectivity index (χ1v) is 8.15. The van der Waals surface area contributed by atoms with Crippen LogP contribution in [-0.4, -0.2) is 23.3 Å². The Morgan fingerprint density at radius 3 is 2.96 bits per heavy atom. The first kappa shape index (κ1) is 15.7. The maximum atomic E-state index is 12.3. The molecule has 23 heavy (non-hydrogen) atoms. The minimum absolute atomic E-state index is 0.0235. The van der Waals surface area contributed by atoms with Crippen LogP contribution in [0.4, 0.5) is 5.69 Å². The van der Waals surface area contributed by atoms with Crippen molar-refractivity contribution >= 4 is 33.4 Å². The molecule has 1 saturated heterocycles. The number of carbonyl (C=O) groups is 2. The lowest BCUT2D eigenvalue weighted by atomic mass is 10.1. The van der Waals surface area contributed by atoms with Gasteiger partial charge in [-0.2, -0.15) is 0 Å². The third-order valence-electron chi connectivity index (χ3n) is 3.81. The number of aromatic nitrogens is 1. The van der Waals surface area contributed by atoms with Gasteiger partial charge in [-0.1, -0.05) is 28.1 Å². The predicted octanol–water partition coefficient (Wildman–Crippen LogP) is 2.51. The van der Waals surface area contributed by atoms with Crippen molar-refractivity contribution < 1.29 is 9.59 Å². The first-order valence-electron chi connectivity index (χ1n) is 7.36. The number of amides is 2. The second-order valence-electron chi connectivity index (χ2n) is 5.46. The third-order valence-corrected chi connectivity index (χ3v) is 4.30. The van der Waals surface area contributed by atoms with Gasteiger partial charge < -0.3 is 10.2 Å². The molecule has 1 N–H and O–H groups in total. The fourth-order valence-electron chi connectivity index (χ4n) is 2.61. The van der Waals surface area contributed by atoms with E-state index in [0.29, 0.717) is 13.1 Å². The van der Waals surface area contributed by atoms with E-state index in [1.54, 1.807) is 17.3 Å². The average Bonchev–Trinajstić information content (AvgIpc) is 2.95. The molecule has 6 heteroatoms. The molecule has 0 spiro atoms. The van der Waals surface area contributed by atoms with Crippen LogP contribution in [-0.2, 0) is 16.1 Å². The van der Waals surface area contributed by atoms with Gasteiger partial charge in [0.2, 0.25) is 11.8 Å². The lowest BCUT2D eigenvalue weighted by Gasteiger charge is -2.17. The van der Waals surface area contributed by atoms with E-state index in [1.807, 2.05) is 36.4 Å². The van der Waals surface area contributed by atoms with Gasteiger partial charge >= 0.3 is 0 Å². The summed E-state index contributed by atoms with van der Waals surface area (Å²) in [5.41, 5.74) is 1.75. The molecule has 0 bridgehead atoms. The van der Waals surface area contributed by atoms with Gasteiger partial charge in [0, 0.05) is 42.1 Å². The molecule has 1 aliphatic rings. The van der Waals surface area contributed by atoms with Crippen molar-refractivity contribution in [1.82, 2.24) is 10.3 Å². The van der Waals surface area contributed by atoms with E-state index in [9.17, 15) is 9.59 Å². The number of benzene rings is 1. The Kier molecular flexibility index (Phi) is 4.71. The number of nitrogens with zero attached hydrogens (tertiary/aromatic N) is 2. The highest BCUT2D eigenvalue weighted by Crippen LogP contribution is 2.27. The van der Waals surface area contributed by atoms with E-state index in [4.69, 9.17) is 0 Å². The Labute approximate surface area is 142 Å². The van der Waals surface area contributed by atoms with Crippen molar-refractivity contribution in [3.05, 3.63) is 58.8 Å². The molecule has 3 rings (SSSR count). The molecule has 5 nitrogen and oxygen atoms in total. The molecule has 1 fully saturated rings. The second-order valence-corrected chi connectivity index (χ2v) is 6.38. The van der Waals surface area contributed by atoms with Crippen molar-refractivity contribution in [3.8, 4) is 0 Å². The maximum Gasteiger partial charge on any atom is 0.227 e. The summed E-state index contributed by atoms with van der Waals surface area (Å²) in [6.45, 7) is 0.836. The van der Waals surface area contributed by atoms with Crippen molar-refractivity contribution in [2.45, 2.75) is 13.0 Å². The highest BCUT2D eigenvalue weighted by atomic mass is 79.9. The van der Waals surface area contributed by atoms with Crippen LogP contribution in [0.3, 0.4) is 0 Å². The van der Waals surface area contributed by atoms with E-state index >= 15 is 0 Å². The number of rotatable bonds is 4. The molecule has 118 valence electrons. The molecule has 2 heterocycles. The Bertz CT molecular complexity index is 721. The number of hydrogen-bond acceptors (Lipinski definition) is 3. The van der Waals surface area contributed by atoms with Crippen molar-refractivity contribution in [2.24, 2.45) is 5.92 Å². The largest absolute Gasteiger partial charge is 0.352 e. The number of hydrogen-bond donors (Lipinski definition) is 1. The minimum atomic E-state index is -0.321. The molecule has 1 atom stereocenters. The Balaban J connectivity index is 1.62. The second kappa shape index (κ2) is 6.91. The lowest BCUT2D eigenvalue weighted by molar-refractivity contribution is -0.126. The van der Waals surface area contributed by atoms with Gasteiger partial charge in [0.05, 0.1) is 5.92 Å². The number of carbonyl (C=O) groups excluding carboxylic acids is 2. The van der Waals surface area contributed by atoms with E-state index in [0.717, 1.165) is 15.7 Å². The van der Waals surface area contributed by atoms with Crippen molar-refractivity contribution in [1.29, 1.82) is 0 Å². The van der Waals surface area contributed by atoms with Crippen LogP contribution >= 0.6 is 15.9 Å². The molecule has 2 amide bonds.